The molecule has 6 nitrogen and oxygen atoms in total. The molecule has 144 valence electrons. The second-order valence-electron chi connectivity index (χ2n) is 7.40. The van der Waals surface area contributed by atoms with E-state index >= 15 is 0 Å². The van der Waals surface area contributed by atoms with Gasteiger partial charge in [0.25, 0.3) is 5.91 Å². The molecule has 1 aromatic rings. The van der Waals surface area contributed by atoms with Gasteiger partial charge < -0.3 is 19.5 Å². The summed E-state index contributed by atoms with van der Waals surface area (Å²) < 4.78 is 10.8. The highest BCUT2D eigenvalue weighted by Crippen LogP contribution is 2.31. The third kappa shape index (κ3) is 4.97. The number of rotatable bonds is 8. The molecule has 1 aromatic carbocycles. The van der Waals surface area contributed by atoms with E-state index in [0.717, 1.165) is 12.2 Å². The second kappa shape index (κ2) is 9.03. The molecule has 0 spiro atoms. The zero-order valence-electron chi connectivity index (χ0n) is 15.9. The summed E-state index contributed by atoms with van der Waals surface area (Å²) in [6, 6.07) is 7.05. The molecule has 6 heteroatoms. The molecule has 0 radical (unpaired) electrons. The Balaban J connectivity index is 2.02. The number of amides is 1. The fraction of sp³-hybridized carbons (Fsp3) is 0.600. The number of benzene rings is 1. The highest BCUT2D eigenvalue weighted by Gasteiger charge is 2.43. The Bertz CT molecular complexity index is 609. The van der Waals surface area contributed by atoms with Crippen LogP contribution in [0.2, 0.25) is 0 Å². The first-order valence-corrected chi connectivity index (χ1v) is 9.12. The molecule has 0 aromatic heterocycles. The first-order chi connectivity index (χ1) is 12.4. The maximum atomic E-state index is 12.8. The lowest BCUT2D eigenvalue weighted by molar-refractivity contribution is -0.155. The maximum absolute atomic E-state index is 12.8. The van der Waals surface area contributed by atoms with Gasteiger partial charge in [0.15, 0.2) is 0 Å². The average Bonchev–Trinajstić information content (AvgIpc) is 2.62. The molecule has 1 amide bonds. The van der Waals surface area contributed by atoms with Crippen LogP contribution in [0.15, 0.2) is 24.3 Å². The number of ether oxygens (including phenoxy) is 2. The largest absolute Gasteiger partial charge is 0.494 e. The Morgan fingerprint density at radius 1 is 1.27 bits per heavy atom. The summed E-state index contributed by atoms with van der Waals surface area (Å²) in [5.41, 5.74) is -0.484. The number of hydrogen-bond acceptors (Lipinski definition) is 4. The van der Waals surface area contributed by atoms with E-state index in [-0.39, 0.29) is 19.1 Å². The molecule has 1 unspecified atom stereocenters. The van der Waals surface area contributed by atoms with Gasteiger partial charge in [-0.05, 0) is 49.4 Å². The van der Waals surface area contributed by atoms with Gasteiger partial charge in [-0.2, -0.15) is 0 Å². The van der Waals surface area contributed by atoms with Crippen molar-refractivity contribution in [1.82, 2.24) is 4.90 Å². The van der Waals surface area contributed by atoms with Gasteiger partial charge >= 0.3 is 5.97 Å². The van der Waals surface area contributed by atoms with Crippen LogP contribution < -0.4 is 4.74 Å². The predicted octanol–water partition coefficient (Wildman–Crippen LogP) is 3.06. The van der Waals surface area contributed by atoms with Gasteiger partial charge in [-0.1, -0.05) is 13.8 Å². The number of hydrogen-bond donors (Lipinski definition) is 1. The topological polar surface area (TPSA) is 76.1 Å². The molecule has 1 fully saturated rings. The number of nitrogens with zero attached hydrogens (tertiary/aromatic N) is 1. The Morgan fingerprint density at radius 3 is 2.54 bits per heavy atom. The molecule has 1 aliphatic rings. The van der Waals surface area contributed by atoms with Gasteiger partial charge in [-0.25, -0.2) is 0 Å². The number of carbonyl (C=O) groups is 2. The van der Waals surface area contributed by atoms with E-state index in [9.17, 15) is 14.7 Å². The van der Waals surface area contributed by atoms with E-state index < -0.39 is 11.4 Å². The van der Waals surface area contributed by atoms with E-state index in [0.29, 0.717) is 37.5 Å². The van der Waals surface area contributed by atoms with Crippen LogP contribution in [-0.2, 0) is 9.53 Å². The fourth-order valence-corrected chi connectivity index (χ4v) is 3.22. The summed E-state index contributed by atoms with van der Waals surface area (Å²) in [4.78, 5) is 26.1. The number of piperidine rings is 1. The molecule has 1 aliphatic heterocycles. The third-order valence-electron chi connectivity index (χ3n) is 4.80. The Kier molecular flexibility index (Phi) is 7.03. The number of carboxylic acid groups (broad SMARTS) is 1. The van der Waals surface area contributed by atoms with Crippen molar-refractivity contribution in [2.75, 3.05) is 33.4 Å². The van der Waals surface area contributed by atoms with Gasteiger partial charge in [0.1, 0.15) is 11.2 Å². The predicted molar refractivity (Wildman–Crippen MR) is 98.5 cm³/mol. The van der Waals surface area contributed by atoms with E-state index in [4.69, 9.17) is 9.47 Å². The van der Waals surface area contributed by atoms with Crippen LogP contribution in [0.5, 0.6) is 5.75 Å². The average molecular weight is 363 g/mol. The van der Waals surface area contributed by atoms with E-state index in [1.54, 1.807) is 29.2 Å². The van der Waals surface area contributed by atoms with Crippen LogP contribution in [0.3, 0.4) is 0 Å². The van der Waals surface area contributed by atoms with Crippen molar-refractivity contribution < 1.29 is 24.2 Å². The summed E-state index contributed by atoms with van der Waals surface area (Å²) in [5.74, 6) is 0.252. The van der Waals surface area contributed by atoms with Gasteiger partial charge in [-0.3, -0.25) is 9.59 Å². The first kappa shape index (κ1) is 20.2. The summed E-state index contributed by atoms with van der Waals surface area (Å²) in [6.45, 7) is 5.77. The number of aliphatic carboxylic acids is 1. The van der Waals surface area contributed by atoms with E-state index in [2.05, 4.69) is 13.8 Å². The highest BCUT2D eigenvalue weighted by molar-refractivity contribution is 5.95. The molecule has 2 rings (SSSR count). The van der Waals surface area contributed by atoms with E-state index in [1.165, 1.54) is 7.11 Å². The first-order valence-electron chi connectivity index (χ1n) is 9.12. The van der Waals surface area contributed by atoms with Crippen LogP contribution in [-0.4, -0.2) is 55.3 Å². The minimum Gasteiger partial charge on any atom is -0.494 e. The zero-order chi connectivity index (χ0) is 19.2. The monoisotopic (exact) mass is 363 g/mol. The quantitative estimate of drug-likeness (QED) is 0.768. The molecule has 26 heavy (non-hydrogen) atoms. The molecule has 1 saturated heterocycles. The molecular formula is C20H29NO5. The molecule has 0 bridgehead atoms. The van der Waals surface area contributed by atoms with Crippen LogP contribution >= 0.6 is 0 Å². The highest BCUT2D eigenvalue weighted by atomic mass is 16.5. The number of carboxylic acids is 1. The third-order valence-corrected chi connectivity index (χ3v) is 4.80. The lowest BCUT2D eigenvalue weighted by Crippen LogP contribution is -2.52. The van der Waals surface area contributed by atoms with E-state index in [1.807, 2.05) is 0 Å². The Hall–Kier alpha value is -2.08. The molecule has 0 saturated carbocycles. The van der Waals surface area contributed by atoms with Gasteiger partial charge in [0, 0.05) is 25.8 Å². The van der Waals surface area contributed by atoms with Crippen molar-refractivity contribution in [1.29, 1.82) is 0 Å². The van der Waals surface area contributed by atoms with Gasteiger partial charge in [-0.15, -0.1) is 0 Å². The molecule has 1 heterocycles. The standard InChI is InChI=1S/C20H29NO5/c1-15(2)9-12-26-17-7-5-16(6-8-17)18(22)21-11-4-10-20(13-21,14-25-3)19(23)24/h5-8,15H,4,9-14H2,1-3H3,(H,23,24). The number of likely N-dealkylation sites (tertiary alicyclic amines) is 1. The summed E-state index contributed by atoms with van der Waals surface area (Å²) in [5, 5.41) is 9.61. The summed E-state index contributed by atoms with van der Waals surface area (Å²) >= 11 is 0. The summed E-state index contributed by atoms with van der Waals surface area (Å²) in [6.07, 6.45) is 2.14. The van der Waals surface area contributed by atoms with Crippen molar-refractivity contribution in [3.05, 3.63) is 29.8 Å². The van der Waals surface area contributed by atoms with Crippen molar-refractivity contribution in [2.24, 2.45) is 11.3 Å². The molecule has 0 aliphatic carbocycles. The lowest BCUT2D eigenvalue weighted by atomic mass is 9.80. The lowest BCUT2D eigenvalue weighted by Gasteiger charge is -2.39. The Morgan fingerprint density at radius 2 is 1.96 bits per heavy atom. The van der Waals surface area contributed by atoms with Crippen molar-refractivity contribution in [2.45, 2.75) is 33.1 Å². The number of carbonyl (C=O) groups excluding carboxylic acids is 1. The molecular weight excluding hydrogens is 334 g/mol. The van der Waals surface area contributed by atoms with Crippen LogP contribution in [0.25, 0.3) is 0 Å². The molecule has 1 N–H and O–H groups in total. The SMILES string of the molecule is COCC1(C(=O)O)CCCN(C(=O)c2ccc(OCCC(C)C)cc2)C1. The minimum absolute atomic E-state index is 0.106. The van der Waals surface area contributed by atoms with Crippen LogP contribution in [0, 0.1) is 11.3 Å². The van der Waals surface area contributed by atoms with Gasteiger partial charge in [0.2, 0.25) is 0 Å². The normalized spacial score (nSPS) is 20.2. The molecule has 1 atom stereocenters. The van der Waals surface area contributed by atoms with Gasteiger partial charge in [0.05, 0.1) is 13.2 Å². The minimum atomic E-state index is -1.03. The van der Waals surface area contributed by atoms with Crippen LogP contribution in [0.1, 0.15) is 43.5 Å². The number of methoxy groups -OCH3 is 1. The second-order valence-corrected chi connectivity index (χ2v) is 7.40. The van der Waals surface area contributed by atoms with Crippen molar-refractivity contribution in [3.8, 4) is 5.75 Å². The Labute approximate surface area is 155 Å². The maximum Gasteiger partial charge on any atom is 0.313 e. The van der Waals surface area contributed by atoms with Crippen molar-refractivity contribution in [3.63, 3.8) is 0 Å². The zero-order valence-corrected chi connectivity index (χ0v) is 15.9. The van der Waals surface area contributed by atoms with Crippen molar-refractivity contribution >= 4 is 11.9 Å². The van der Waals surface area contributed by atoms with Crippen LogP contribution in [0.4, 0.5) is 0 Å². The smallest absolute Gasteiger partial charge is 0.313 e. The summed E-state index contributed by atoms with van der Waals surface area (Å²) in [7, 11) is 1.49. The fourth-order valence-electron chi connectivity index (χ4n) is 3.22.